The van der Waals surface area contributed by atoms with Crippen LogP contribution < -0.4 is 5.32 Å². The van der Waals surface area contributed by atoms with Gasteiger partial charge in [-0.3, -0.25) is 4.79 Å². The number of fused-ring (bicyclic) bond motifs is 1. The highest BCUT2D eigenvalue weighted by Gasteiger charge is 2.13. The maximum atomic E-state index is 12.4. The van der Waals surface area contributed by atoms with Gasteiger partial charge in [-0.15, -0.1) is 0 Å². The minimum atomic E-state index is -0.266. The van der Waals surface area contributed by atoms with Crippen LogP contribution in [0.3, 0.4) is 0 Å². The Labute approximate surface area is 161 Å². The van der Waals surface area contributed by atoms with E-state index in [1.165, 1.54) is 0 Å². The van der Waals surface area contributed by atoms with Gasteiger partial charge in [0, 0.05) is 11.3 Å². The van der Waals surface area contributed by atoms with Gasteiger partial charge in [-0.1, -0.05) is 40.9 Å². The van der Waals surface area contributed by atoms with Crippen molar-refractivity contribution >= 4 is 34.3 Å². The van der Waals surface area contributed by atoms with Crippen LogP contribution in [-0.4, -0.2) is 10.9 Å². The third kappa shape index (κ3) is 3.57. The predicted octanol–water partition coefficient (Wildman–Crippen LogP) is 6.02. The number of carbonyl (C=O) groups is 1. The summed E-state index contributed by atoms with van der Waals surface area (Å²) in [4.78, 5) is 17.0. The van der Waals surface area contributed by atoms with Crippen LogP contribution in [0, 0.1) is 13.8 Å². The Kier molecular flexibility index (Phi) is 4.42. The molecule has 1 N–H and O–H groups in total. The maximum Gasteiger partial charge on any atom is 0.257 e. The average Bonchev–Trinajstić information content (AvgIpc) is 3.04. The minimum Gasteiger partial charge on any atom is -0.436 e. The number of hydrogen-bond acceptors (Lipinski definition) is 3. The number of benzene rings is 3. The van der Waals surface area contributed by atoms with E-state index in [-0.39, 0.29) is 5.91 Å². The van der Waals surface area contributed by atoms with Crippen LogP contribution in [0.2, 0.25) is 5.02 Å². The molecule has 0 unspecified atom stereocenters. The van der Waals surface area contributed by atoms with Gasteiger partial charge in [-0.05, 0) is 56.3 Å². The van der Waals surface area contributed by atoms with Crippen LogP contribution in [0.4, 0.5) is 5.69 Å². The average molecular weight is 377 g/mol. The van der Waals surface area contributed by atoms with Crippen molar-refractivity contribution in [2.75, 3.05) is 5.32 Å². The van der Waals surface area contributed by atoms with Crippen molar-refractivity contribution in [3.63, 3.8) is 0 Å². The molecule has 0 aliphatic heterocycles. The zero-order chi connectivity index (χ0) is 19.0. The molecular formula is C22H17ClN2O2. The number of nitrogens with zero attached hydrogens (tertiary/aromatic N) is 1. The lowest BCUT2D eigenvalue weighted by molar-refractivity contribution is 0.102. The van der Waals surface area contributed by atoms with Gasteiger partial charge in [0.1, 0.15) is 5.52 Å². The lowest BCUT2D eigenvalue weighted by Crippen LogP contribution is -2.12. The van der Waals surface area contributed by atoms with Gasteiger partial charge in [0.2, 0.25) is 5.89 Å². The van der Waals surface area contributed by atoms with Crippen molar-refractivity contribution in [2.45, 2.75) is 13.8 Å². The first-order valence-electron chi connectivity index (χ1n) is 8.55. The van der Waals surface area contributed by atoms with Crippen molar-refractivity contribution < 1.29 is 9.21 Å². The highest BCUT2D eigenvalue weighted by Crippen LogP contribution is 2.28. The Bertz CT molecular complexity index is 1140. The second kappa shape index (κ2) is 6.89. The van der Waals surface area contributed by atoms with Crippen molar-refractivity contribution in [3.8, 4) is 11.5 Å². The SMILES string of the molecule is Cc1cc(C)cc(-c2nc3cc(NC(=O)c4ccccc4Cl)ccc3o2)c1. The van der Waals surface area contributed by atoms with E-state index in [1.54, 1.807) is 42.5 Å². The van der Waals surface area contributed by atoms with Crippen LogP contribution in [0.5, 0.6) is 0 Å². The van der Waals surface area contributed by atoms with Crippen molar-refractivity contribution in [1.29, 1.82) is 0 Å². The molecule has 0 spiro atoms. The third-order valence-electron chi connectivity index (χ3n) is 4.23. The van der Waals surface area contributed by atoms with Crippen LogP contribution in [0.25, 0.3) is 22.6 Å². The number of halogens is 1. The van der Waals surface area contributed by atoms with Crippen molar-refractivity contribution in [2.24, 2.45) is 0 Å². The summed E-state index contributed by atoms with van der Waals surface area (Å²) in [6.45, 7) is 4.09. The molecule has 4 nitrogen and oxygen atoms in total. The maximum absolute atomic E-state index is 12.4. The number of nitrogens with one attached hydrogen (secondary N) is 1. The molecule has 27 heavy (non-hydrogen) atoms. The summed E-state index contributed by atoms with van der Waals surface area (Å²) in [5, 5.41) is 3.27. The standard InChI is InChI=1S/C22H17ClN2O2/c1-13-9-14(2)11-15(10-13)22-25-19-12-16(7-8-20(19)27-22)24-21(26)17-5-3-4-6-18(17)23/h3-12H,1-2H3,(H,24,26). The molecule has 0 atom stereocenters. The van der Waals surface area contributed by atoms with Crippen LogP contribution in [-0.2, 0) is 0 Å². The van der Waals surface area contributed by atoms with E-state index in [1.807, 2.05) is 26.0 Å². The van der Waals surface area contributed by atoms with Gasteiger partial charge in [0.05, 0.1) is 10.6 Å². The predicted molar refractivity (Wildman–Crippen MR) is 108 cm³/mol. The number of carbonyl (C=O) groups excluding carboxylic acids is 1. The fourth-order valence-electron chi connectivity index (χ4n) is 3.07. The Morgan fingerprint density at radius 1 is 1.00 bits per heavy atom. The summed E-state index contributed by atoms with van der Waals surface area (Å²) < 4.78 is 5.88. The Hall–Kier alpha value is -3.11. The quantitative estimate of drug-likeness (QED) is 0.475. The Morgan fingerprint density at radius 2 is 1.74 bits per heavy atom. The van der Waals surface area contributed by atoms with Crippen molar-refractivity contribution in [3.05, 3.63) is 82.4 Å². The molecule has 1 heterocycles. The highest BCUT2D eigenvalue weighted by molar-refractivity contribution is 6.34. The normalized spacial score (nSPS) is 10.9. The Morgan fingerprint density at radius 3 is 2.48 bits per heavy atom. The summed E-state index contributed by atoms with van der Waals surface area (Å²) in [7, 11) is 0. The molecule has 0 aliphatic rings. The number of aryl methyl sites for hydroxylation is 2. The molecule has 4 rings (SSSR count). The van der Waals surface area contributed by atoms with E-state index in [0.29, 0.717) is 33.3 Å². The van der Waals surface area contributed by atoms with Crippen molar-refractivity contribution in [1.82, 2.24) is 4.98 Å². The number of hydrogen-bond donors (Lipinski definition) is 1. The van der Waals surface area contributed by atoms with E-state index in [0.717, 1.165) is 16.7 Å². The first-order chi connectivity index (χ1) is 13.0. The monoisotopic (exact) mass is 376 g/mol. The summed E-state index contributed by atoms with van der Waals surface area (Å²) in [6, 6.07) is 18.5. The molecule has 3 aromatic carbocycles. The third-order valence-corrected chi connectivity index (χ3v) is 4.56. The number of aromatic nitrogens is 1. The lowest BCUT2D eigenvalue weighted by atomic mass is 10.1. The fraction of sp³-hybridized carbons (Fsp3) is 0.0909. The topological polar surface area (TPSA) is 55.1 Å². The van der Waals surface area contributed by atoms with Crippen LogP contribution in [0.1, 0.15) is 21.5 Å². The number of oxazole rings is 1. The zero-order valence-corrected chi connectivity index (χ0v) is 15.7. The van der Waals surface area contributed by atoms with Crippen LogP contribution in [0.15, 0.2) is 65.1 Å². The second-order valence-electron chi connectivity index (χ2n) is 6.51. The molecule has 0 saturated heterocycles. The van der Waals surface area contributed by atoms with Gasteiger partial charge < -0.3 is 9.73 Å². The molecule has 134 valence electrons. The van der Waals surface area contributed by atoms with E-state index < -0.39 is 0 Å². The zero-order valence-electron chi connectivity index (χ0n) is 14.9. The molecule has 0 fully saturated rings. The van der Waals surface area contributed by atoms with E-state index >= 15 is 0 Å². The van der Waals surface area contributed by atoms with Crippen LogP contribution >= 0.6 is 11.6 Å². The molecule has 5 heteroatoms. The molecular weight excluding hydrogens is 360 g/mol. The molecule has 0 radical (unpaired) electrons. The second-order valence-corrected chi connectivity index (χ2v) is 6.92. The summed E-state index contributed by atoms with van der Waals surface area (Å²) in [5.74, 6) is 0.296. The molecule has 0 bridgehead atoms. The van der Waals surface area contributed by atoms with Gasteiger partial charge in [-0.25, -0.2) is 4.98 Å². The van der Waals surface area contributed by atoms with Gasteiger partial charge >= 0.3 is 0 Å². The van der Waals surface area contributed by atoms with E-state index in [9.17, 15) is 4.79 Å². The largest absolute Gasteiger partial charge is 0.436 e. The molecule has 1 aromatic heterocycles. The van der Waals surface area contributed by atoms with Gasteiger partial charge in [-0.2, -0.15) is 0 Å². The van der Waals surface area contributed by atoms with Gasteiger partial charge in [0.25, 0.3) is 5.91 Å². The lowest BCUT2D eigenvalue weighted by Gasteiger charge is -2.06. The summed E-state index contributed by atoms with van der Waals surface area (Å²) in [5.41, 5.74) is 5.65. The summed E-state index contributed by atoms with van der Waals surface area (Å²) >= 11 is 6.09. The smallest absolute Gasteiger partial charge is 0.257 e. The first-order valence-corrected chi connectivity index (χ1v) is 8.92. The fourth-order valence-corrected chi connectivity index (χ4v) is 3.29. The minimum absolute atomic E-state index is 0.266. The number of rotatable bonds is 3. The Balaban J connectivity index is 1.65. The molecule has 0 aliphatic carbocycles. The number of amides is 1. The first kappa shape index (κ1) is 17.3. The molecule has 1 amide bonds. The van der Waals surface area contributed by atoms with Gasteiger partial charge in [0.15, 0.2) is 5.58 Å². The van der Waals surface area contributed by atoms with E-state index in [2.05, 4.69) is 16.4 Å². The summed E-state index contributed by atoms with van der Waals surface area (Å²) in [6.07, 6.45) is 0. The highest BCUT2D eigenvalue weighted by atomic mass is 35.5. The molecule has 0 saturated carbocycles. The van der Waals surface area contributed by atoms with E-state index in [4.69, 9.17) is 16.0 Å². The number of anilines is 1. The molecule has 4 aromatic rings.